The van der Waals surface area contributed by atoms with Crippen molar-refractivity contribution < 1.29 is 5.11 Å². The molecule has 0 unspecified atom stereocenters. The molecule has 0 aliphatic carbocycles. The number of rotatable bonds is 5. The molecule has 3 N–H and O–H groups in total. The zero-order valence-corrected chi connectivity index (χ0v) is 17.7. The molecule has 0 bridgehead atoms. The van der Waals surface area contributed by atoms with Crippen molar-refractivity contribution in [1.82, 2.24) is 19.1 Å². The van der Waals surface area contributed by atoms with Crippen LogP contribution in [0, 0.1) is 0 Å². The zero-order valence-electron chi connectivity index (χ0n) is 17.7. The molecule has 0 saturated carbocycles. The molecule has 0 saturated heterocycles. The van der Waals surface area contributed by atoms with Crippen molar-refractivity contribution >= 4 is 34.1 Å². The van der Waals surface area contributed by atoms with Gasteiger partial charge in [-0.25, -0.2) is 10.2 Å². The summed E-state index contributed by atoms with van der Waals surface area (Å²) in [6.07, 6.45) is 1.53. The fourth-order valence-electron chi connectivity index (χ4n) is 3.84. The topological polar surface area (TPSA) is 117 Å². The Hall–Kier alpha value is -4.66. The average molecular weight is 440 g/mol. The molecule has 0 amide bonds. The number of aromatic hydroxyl groups is 1. The summed E-state index contributed by atoms with van der Waals surface area (Å²) in [5, 5.41) is 16.0. The molecule has 2 aromatic heterocycles. The largest absolute Gasteiger partial charge is 0.508 e. The highest BCUT2D eigenvalue weighted by Gasteiger charge is 2.18. The van der Waals surface area contributed by atoms with E-state index in [0.29, 0.717) is 18.1 Å². The number of aromatic amines is 1. The third-order valence-electron chi connectivity index (χ3n) is 5.46. The van der Waals surface area contributed by atoms with Crippen LogP contribution in [-0.4, -0.2) is 30.4 Å². The molecule has 0 aliphatic heterocycles. The van der Waals surface area contributed by atoms with Crippen LogP contribution in [0.15, 0.2) is 81.4 Å². The van der Waals surface area contributed by atoms with E-state index in [-0.39, 0.29) is 16.9 Å². The van der Waals surface area contributed by atoms with E-state index in [4.69, 9.17) is 0 Å². The highest BCUT2D eigenvalue weighted by atomic mass is 16.3. The van der Waals surface area contributed by atoms with Crippen molar-refractivity contribution in [3.8, 4) is 5.75 Å². The van der Waals surface area contributed by atoms with Gasteiger partial charge in [0.15, 0.2) is 11.2 Å². The van der Waals surface area contributed by atoms with Gasteiger partial charge in [-0.1, -0.05) is 54.6 Å². The summed E-state index contributed by atoms with van der Waals surface area (Å²) in [5.74, 6) is 0.435. The van der Waals surface area contributed by atoms with Gasteiger partial charge in [0.25, 0.3) is 5.56 Å². The molecule has 0 spiro atoms. The third kappa shape index (κ3) is 3.76. The van der Waals surface area contributed by atoms with Crippen LogP contribution in [0.2, 0.25) is 0 Å². The smallest absolute Gasteiger partial charge is 0.329 e. The maximum Gasteiger partial charge on any atom is 0.329 e. The normalized spacial score (nSPS) is 11.5. The Morgan fingerprint density at radius 2 is 1.88 bits per heavy atom. The van der Waals surface area contributed by atoms with Crippen molar-refractivity contribution in [3.05, 3.63) is 98.7 Å². The van der Waals surface area contributed by atoms with Crippen LogP contribution in [0.4, 0.5) is 5.95 Å². The van der Waals surface area contributed by atoms with Crippen molar-refractivity contribution in [2.45, 2.75) is 6.54 Å². The first-order valence-corrected chi connectivity index (χ1v) is 10.3. The SMILES string of the molecule is Cn1c(=O)[nH]c(=O)c2c1nc(N/N=C\c1cccc(O)c1)n2Cc1cccc2ccccc12. The predicted octanol–water partition coefficient (Wildman–Crippen LogP) is 2.78. The number of aromatic nitrogens is 4. The second kappa shape index (κ2) is 8.12. The van der Waals surface area contributed by atoms with Crippen LogP contribution in [-0.2, 0) is 13.6 Å². The van der Waals surface area contributed by atoms with Gasteiger partial charge in [-0.05, 0) is 34.0 Å². The molecule has 5 rings (SSSR count). The van der Waals surface area contributed by atoms with Crippen molar-refractivity contribution in [1.29, 1.82) is 0 Å². The first-order chi connectivity index (χ1) is 16.0. The highest BCUT2D eigenvalue weighted by Crippen LogP contribution is 2.23. The number of aryl methyl sites for hydroxylation is 1. The Labute approximate surface area is 187 Å². The number of anilines is 1. The Morgan fingerprint density at radius 1 is 1.09 bits per heavy atom. The van der Waals surface area contributed by atoms with Gasteiger partial charge >= 0.3 is 5.69 Å². The fourth-order valence-corrected chi connectivity index (χ4v) is 3.84. The van der Waals surface area contributed by atoms with Crippen LogP contribution in [0.1, 0.15) is 11.1 Å². The maximum absolute atomic E-state index is 12.7. The van der Waals surface area contributed by atoms with Gasteiger partial charge in [-0.15, -0.1) is 0 Å². The number of phenolic OH excluding ortho intramolecular Hbond substituents is 1. The number of fused-ring (bicyclic) bond motifs is 2. The quantitative estimate of drug-likeness (QED) is 0.287. The summed E-state index contributed by atoms with van der Waals surface area (Å²) >= 11 is 0. The number of hydrogen-bond acceptors (Lipinski definition) is 6. The molecule has 2 heterocycles. The number of nitrogens with one attached hydrogen (secondary N) is 2. The molecule has 0 radical (unpaired) electrons. The van der Waals surface area contributed by atoms with Crippen LogP contribution >= 0.6 is 0 Å². The van der Waals surface area contributed by atoms with E-state index in [1.165, 1.54) is 10.8 Å². The van der Waals surface area contributed by atoms with E-state index in [0.717, 1.165) is 16.3 Å². The second-order valence-electron chi connectivity index (χ2n) is 7.62. The van der Waals surface area contributed by atoms with Gasteiger partial charge < -0.3 is 5.11 Å². The second-order valence-corrected chi connectivity index (χ2v) is 7.62. The van der Waals surface area contributed by atoms with Gasteiger partial charge in [0.1, 0.15) is 5.75 Å². The molecule has 33 heavy (non-hydrogen) atoms. The first-order valence-electron chi connectivity index (χ1n) is 10.3. The highest BCUT2D eigenvalue weighted by molar-refractivity contribution is 5.86. The van der Waals surface area contributed by atoms with Crippen molar-refractivity contribution in [2.24, 2.45) is 12.1 Å². The third-order valence-corrected chi connectivity index (χ3v) is 5.46. The molecule has 0 aliphatic rings. The van der Waals surface area contributed by atoms with E-state index in [1.54, 1.807) is 35.9 Å². The summed E-state index contributed by atoms with van der Waals surface area (Å²) in [6, 6.07) is 20.6. The lowest BCUT2D eigenvalue weighted by Gasteiger charge is -2.11. The Kier molecular flexibility index (Phi) is 4.98. The number of imidazole rings is 1. The average Bonchev–Trinajstić information content (AvgIpc) is 3.17. The number of H-pyrrole nitrogens is 1. The predicted molar refractivity (Wildman–Crippen MR) is 128 cm³/mol. The Balaban J connectivity index is 1.63. The lowest BCUT2D eigenvalue weighted by atomic mass is 10.0. The lowest BCUT2D eigenvalue weighted by molar-refractivity contribution is 0.475. The number of nitrogens with zero attached hydrogens (tertiary/aromatic N) is 4. The molecular formula is C24H20N6O3. The van der Waals surface area contributed by atoms with Crippen molar-refractivity contribution in [3.63, 3.8) is 0 Å². The fraction of sp³-hybridized carbons (Fsp3) is 0.0833. The molecular weight excluding hydrogens is 420 g/mol. The van der Waals surface area contributed by atoms with Gasteiger partial charge in [0.2, 0.25) is 5.95 Å². The summed E-state index contributed by atoms with van der Waals surface area (Å²) in [7, 11) is 1.55. The molecule has 0 fully saturated rings. The summed E-state index contributed by atoms with van der Waals surface area (Å²) in [5.41, 5.74) is 4.00. The molecule has 3 aromatic carbocycles. The minimum atomic E-state index is -0.544. The van der Waals surface area contributed by atoms with E-state index in [1.807, 2.05) is 42.5 Å². The molecule has 9 nitrogen and oxygen atoms in total. The lowest BCUT2D eigenvalue weighted by Crippen LogP contribution is -2.29. The summed E-state index contributed by atoms with van der Waals surface area (Å²) in [4.78, 5) is 31.7. The summed E-state index contributed by atoms with van der Waals surface area (Å²) < 4.78 is 3.00. The minimum absolute atomic E-state index is 0.128. The van der Waals surface area contributed by atoms with Crippen molar-refractivity contribution in [2.75, 3.05) is 5.43 Å². The van der Waals surface area contributed by atoms with Gasteiger partial charge in [-0.3, -0.25) is 18.9 Å². The minimum Gasteiger partial charge on any atom is -0.508 e. The Morgan fingerprint density at radius 3 is 2.73 bits per heavy atom. The summed E-state index contributed by atoms with van der Waals surface area (Å²) in [6.45, 7) is 0.336. The van der Waals surface area contributed by atoms with Gasteiger partial charge in [-0.2, -0.15) is 10.1 Å². The monoisotopic (exact) mass is 440 g/mol. The van der Waals surface area contributed by atoms with Gasteiger partial charge in [0, 0.05) is 7.05 Å². The number of hydrazone groups is 1. The van der Waals surface area contributed by atoms with E-state index < -0.39 is 11.2 Å². The number of hydrogen-bond donors (Lipinski definition) is 3. The van der Waals surface area contributed by atoms with Gasteiger partial charge in [0.05, 0.1) is 12.8 Å². The van der Waals surface area contributed by atoms with E-state index in [2.05, 4.69) is 20.5 Å². The van der Waals surface area contributed by atoms with Crippen LogP contribution in [0.5, 0.6) is 5.75 Å². The zero-order chi connectivity index (χ0) is 22.9. The molecule has 0 atom stereocenters. The Bertz CT molecular complexity index is 1640. The number of phenols is 1. The van der Waals surface area contributed by atoms with Crippen LogP contribution in [0.25, 0.3) is 21.9 Å². The molecule has 5 aromatic rings. The number of benzene rings is 3. The molecule has 9 heteroatoms. The van der Waals surface area contributed by atoms with Crippen LogP contribution < -0.4 is 16.7 Å². The van der Waals surface area contributed by atoms with Crippen LogP contribution in [0.3, 0.4) is 0 Å². The standard InChI is InChI=1S/C24H20N6O3/c1-29-21-20(22(32)27-24(29)33)30(14-17-9-5-8-16-7-2-3-11-19(16)17)23(26-21)28-25-13-15-6-4-10-18(31)12-15/h2-13,31H,14H2,1H3,(H,26,28)(H,27,32,33)/b25-13-. The van der Waals surface area contributed by atoms with E-state index >= 15 is 0 Å². The first kappa shape index (κ1) is 20.3. The maximum atomic E-state index is 12.7. The molecule has 164 valence electrons. The van der Waals surface area contributed by atoms with E-state index in [9.17, 15) is 14.7 Å².